The third-order valence-electron chi connectivity index (χ3n) is 4.82. The highest BCUT2D eigenvalue weighted by Gasteiger charge is 2.37. The molecule has 3 saturated heterocycles. The molecule has 5 rings (SSSR count). The van der Waals surface area contributed by atoms with Crippen molar-refractivity contribution in [3.05, 3.63) is 23.9 Å². The zero-order valence-electron chi connectivity index (χ0n) is 14.6. The molecule has 2 N–H and O–H groups in total. The molecule has 2 bridgehead atoms. The maximum Gasteiger partial charge on any atom is 0.573 e. The molecule has 1 aromatic heterocycles. The van der Waals surface area contributed by atoms with Gasteiger partial charge in [-0.25, -0.2) is 4.79 Å². The van der Waals surface area contributed by atoms with Crippen molar-refractivity contribution in [1.29, 1.82) is 0 Å². The molecule has 0 radical (unpaired) electrons. The molecule has 0 spiro atoms. The van der Waals surface area contributed by atoms with E-state index in [0.717, 1.165) is 38.1 Å². The summed E-state index contributed by atoms with van der Waals surface area (Å²) in [5, 5.41) is 13.7. The number of aromatic amines is 1. The minimum atomic E-state index is -4.80. The topological polar surface area (TPSA) is 105 Å². The quantitative estimate of drug-likeness (QED) is 0.601. The van der Waals surface area contributed by atoms with Crippen LogP contribution in [0.25, 0.3) is 10.9 Å². The number of nitrogens with one attached hydrogen (secondary N) is 1. The molecule has 8 nitrogen and oxygen atoms in total. The first-order chi connectivity index (χ1) is 13.3. The zero-order valence-corrected chi connectivity index (χ0v) is 14.6. The van der Waals surface area contributed by atoms with Gasteiger partial charge in [-0.05, 0) is 50.0 Å². The number of piperidine rings is 3. The van der Waals surface area contributed by atoms with Gasteiger partial charge < -0.3 is 14.6 Å². The molecule has 0 amide bonds. The predicted octanol–water partition coefficient (Wildman–Crippen LogP) is 2.41. The SMILES string of the molecule is O=C(O[C@@H]1CN2CCC1CC2)c1n[nH]c2ccc(OC(F)(F)F)cc12.O=CO. The zero-order chi connectivity index (χ0) is 20.3. The second kappa shape index (κ2) is 8.05. The van der Waals surface area contributed by atoms with Crippen molar-refractivity contribution in [3.8, 4) is 5.75 Å². The first-order valence-corrected chi connectivity index (χ1v) is 8.56. The lowest BCUT2D eigenvalue weighted by atomic mass is 9.86. The van der Waals surface area contributed by atoms with Crippen molar-refractivity contribution < 1.29 is 37.3 Å². The number of carboxylic acid groups (broad SMARTS) is 1. The summed E-state index contributed by atoms with van der Waals surface area (Å²) in [5.74, 6) is -0.698. The van der Waals surface area contributed by atoms with E-state index >= 15 is 0 Å². The van der Waals surface area contributed by atoms with E-state index in [-0.39, 0.29) is 23.7 Å². The van der Waals surface area contributed by atoms with Crippen LogP contribution >= 0.6 is 0 Å². The number of carbonyl (C=O) groups excluding carboxylic acids is 1. The summed E-state index contributed by atoms with van der Waals surface area (Å²) in [5.41, 5.74) is 0.412. The Balaban J connectivity index is 0.000000706. The normalized spacial score (nSPS) is 23.6. The van der Waals surface area contributed by atoms with Crippen LogP contribution in [0.4, 0.5) is 13.2 Å². The van der Waals surface area contributed by atoms with E-state index in [2.05, 4.69) is 19.8 Å². The summed E-state index contributed by atoms with van der Waals surface area (Å²) in [4.78, 5) is 23.1. The molecule has 4 heterocycles. The molecule has 1 atom stereocenters. The number of benzene rings is 1. The van der Waals surface area contributed by atoms with E-state index in [4.69, 9.17) is 14.6 Å². The van der Waals surface area contributed by atoms with E-state index in [1.165, 1.54) is 6.07 Å². The maximum absolute atomic E-state index is 12.5. The van der Waals surface area contributed by atoms with Crippen molar-refractivity contribution in [3.63, 3.8) is 0 Å². The van der Waals surface area contributed by atoms with E-state index in [1.807, 2.05) is 0 Å². The fourth-order valence-corrected chi connectivity index (χ4v) is 3.58. The second-order valence-electron chi connectivity index (χ2n) is 6.51. The van der Waals surface area contributed by atoms with Crippen molar-refractivity contribution in [1.82, 2.24) is 15.1 Å². The Morgan fingerprint density at radius 3 is 2.57 bits per heavy atom. The Morgan fingerprint density at radius 2 is 2.00 bits per heavy atom. The van der Waals surface area contributed by atoms with Gasteiger partial charge in [0.15, 0.2) is 5.69 Å². The first kappa shape index (κ1) is 19.9. The van der Waals surface area contributed by atoms with Crippen molar-refractivity contribution >= 4 is 23.3 Å². The van der Waals surface area contributed by atoms with Gasteiger partial charge in [-0.2, -0.15) is 5.10 Å². The highest BCUT2D eigenvalue weighted by Crippen LogP contribution is 2.31. The van der Waals surface area contributed by atoms with E-state index in [9.17, 15) is 18.0 Å². The number of alkyl halides is 3. The summed E-state index contributed by atoms with van der Waals surface area (Å²) in [7, 11) is 0. The Kier molecular flexibility index (Phi) is 5.73. The Hall–Kier alpha value is -2.82. The van der Waals surface area contributed by atoms with E-state index < -0.39 is 18.1 Å². The van der Waals surface area contributed by atoms with Crippen LogP contribution in [0.3, 0.4) is 0 Å². The molecule has 0 unspecified atom stereocenters. The minimum Gasteiger partial charge on any atom is -0.483 e. The van der Waals surface area contributed by atoms with Gasteiger partial charge in [0.25, 0.3) is 6.47 Å². The van der Waals surface area contributed by atoms with Gasteiger partial charge in [-0.3, -0.25) is 14.8 Å². The Bertz CT molecular complexity index is 846. The standard InChI is InChI=1S/C16H16F3N3O3.CH2O2/c17-16(18,19)25-10-1-2-12-11(7-10)14(21-20-12)15(23)24-13-8-22-5-3-9(13)4-6-22;2-1-3/h1-2,7,9,13H,3-6,8H2,(H,20,21);1H,(H,2,3)/t13-;/m1./s1. The smallest absolute Gasteiger partial charge is 0.483 e. The van der Waals surface area contributed by atoms with Gasteiger partial charge in [0, 0.05) is 11.9 Å². The molecule has 0 aliphatic carbocycles. The molecule has 2 aromatic rings. The molecule has 3 aliphatic rings. The average molecular weight is 401 g/mol. The molecular formula is C17H18F3N3O5. The number of aromatic nitrogens is 2. The summed E-state index contributed by atoms with van der Waals surface area (Å²) in [6, 6.07) is 3.68. The molecular weight excluding hydrogens is 383 g/mol. The van der Waals surface area contributed by atoms with Gasteiger partial charge in [-0.15, -0.1) is 13.2 Å². The van der Waals surface area contributed by atoms with Crippen LogP contribution in [-0.2, 0) is 9.53 Å². The van der Waals surface area contributed by atoms with Crippen molar-refractivity contribution in [2.45, 2.75) is 25.3 Å². The number of hydrogen-bond donors (Lipinski definition) is 2. The van der Waals surface area contributed by atoms with Gasteiger partial charge in [0.05, 0.1) is 5.52 Å². The summed E-state index contributed by atoms with van der Waals surface area (Å²) < 4.78 is 46.6. The first-order valence-electron chi connectivity index (χ1n) is 8.56. The van der Waals surface area contributed by atoms with Crippen LogP contribution in [0.15, 0.2) is 18.2 Å². The Morgan fingerprint density at radius 1 is 1.32 bits per heavy atom. The number of fused-ring (bicyclic) bond motifs is 4. The molecule has 3 fully saturated rings. The lowest BCUT2D eigenvalue weighted by molar-refractivity contribution is -0.274. The highest BCUT2D eigenvalue weighted by molar-refractivity contribution is 6.02. The van der Waals surface area contributed by atoms with Gasteiger partial charge in [-0.1, -0.05) is 0 Å². The number of carbonyl (C=O) groups is 2. The van der Waals surface area contributed by atoms with Gasteiger partial charge >= 0.3 is 12.3 Å². The molecule has 0 saturated carbocycles. The third kappa shape index (κ3) is 4.53. The molecule has 28 heavy (non-hydrogen) atoms. The van der Waals surface area contributed by atoms with Crippen molar-refractivity contribution in [2.24, 2.45) is 5.92 Å². The monoisotopic (exact) mass is 401 g/mol. The third-order valence-corrected chi connectivity index (χ3v) is 4.82. The average Bonchev–Trinajstić information content (AvgIpc) is 3.05. The van der Waals surface area contributed by atoms with Crippen molar-refractivity contribution in [2.75, 3.05) is 19.6 Å². The van der Waals surface area contributed by atoms with Crippen LogP contribution in [0.1, 0.15) is 23.3 Å². The van der Waals surface area contributed by atoms with Crippen LogP contribution in [0.2, 0.25) is 0 Å². The summed E-state index contributed by atoms with van der Waals surface area (Å²) in [6.07, 6.45) is -3.02. The number of esters is 1. The number of ether oxygens (including phenoxy) is 2. The van der Waals surface area contributed by atoms with Gasteiger partial charge in [0.1, 0.15) is 11.9 Å². The van der Waals surface area contributed by atoms with Crippen LogP contribution < -0.4 is 4.74 Å². The number of H-pyrrole nitrogens is 1. The largest absolute Gasteiger partial charge is 0.573 e. The summed E-state index contributed by atoms with van der Waals surface area (Å²) >= 11 is 0. The maximum atomic E-state index is 12.5. The predicted molar refractivity (Wildman–Crippen MR) is 89.8 cm³/mol. The van der Waals surface area contributed by atoms with Gasteiger partial charge in [0.2, 0.25) is 0 Å². The lowest BCUT2D eigenvalue weighted by Crippen LogP contribution is -2.51. The number of nitrogens with zero attached hydrogens (tertiary/aromatic N) is 2. The molecule has 152 valence electrons. The minimum absolute atomic E-state index is 0.0286. The summed E-state index contributed by atoms with van der Waals surface area (Å²) in [6.45, 7) is 2.48. The number of hydrogen-bond acceptors (Lipinski definition) is 6. The van der Waals surface area contributed by atoms with E-state index in [1.54, 1.807) is 0 Å². The van der Waals surface area contributed by atoms with Crippen LogP contribution in [0, 0.1) is 5.92 Å². The van der Waals surface area contributed by atoms with Crippen LogP contribution in [0.5, 0.6) is 5.75 Å². The molecule has 1 aromatic carbocycles. The Labute approximate surface area is 157 Å². The number of halogens is 3. The molecule has 3 aliphatic heterocycles. The fourth-order valence-electron chi connectivity index (χ4n) is 3.58. The second-order valence-corrected chi connectivity index (χ2v) is 6.51. The van der Waals surface area contributed by atoms with E-state index in [0.29, 0.717) is 18.0 Å². The molecule has 11 heteroatoms. The highest BCUT2D eigenvalue weighted by atomic mass is 19.4. The fraction of sp³-hybridized carbons (Fsp3) is 0.471. The lowest BCUT2D eigenvalue weighted by Gasteiger charge is -2.43. The number of rotatable bonds is 3. The van der Waals surface area contributed by atoms with Crippen LogP contribution in [-0.4, -0.2) is 64.7 Å².